The number of carbonyl (C=O) groups excluding carboxylic acids is 1. The predicted molar refractivity (Wildman–Crippen MR) is 100.0 cm³/mol. The Kier molecular flexibility index (Phi) is 4.34. The van der Waals surface area contributed by atoms with Gasteiger partial charge in [-0.1, -0.05) is 0 Å². The molecule has 3 aromatic rings. The van der Waals surface area contributed by atoms with Crippen LogP contribution in [0.3, 0.4) is 0 Å². The number of rotatable bonds is 3. The molecule has 1 amide bonds. The smallest absolute Gasteiger partial charge is 0.256 e. The Hall–Kier alpha value is -2.86. The van der Waals surface area contributed by atoms with Crippen LogP contribution in [0.1, 0.15) is 23.2 Å². The molecule has 134 valence electrons. The van der Waals surface area contributed by atoms with Crippen molar-refractivity contribution >= 4 is 28.3 Å². The summed E-state index contributed by atoms with van der Waals surface area (Å²) in [5.74, 6) is -0.778. The maximum absolute atomic E-state index is 13.7. The molecule has 0 spiro atoms. The van der Waals surface area contributed by atoms with E-state index in [1.807, 2.05) is 24.3 Å². The van der Waals surface area contributed by atoms with Gasteiger partial charge in [0, 0.05) is 35.9 Å². The largest absolute Gasteiger partial charge is 0.461 e. The van der Waals surface area contributed by atoms with Crippen molar-refractivity contribution in [1.29, 1.82) is 0 Å². The molecule has 6 heteroatoms. The molecule has 0 atom stereocenters. The summed E-state index contributed by atoms with van der Waals surface area (Å²) in [5, 5.41) is 3.32. The second kappa shape index (κ2) is 6.80. The average molecular weight is 353 g/mol. The number of amides is 1. The quantitative estimate of drug-likeness (QED) is 0.752. The van der Waals surface area contributed by atoms with E-state index >= 15 is 0 Å². The molecule has 1 saturated heterocycles. The lowest BCUT2D eigenvalue weighted by Crippen LogP contribution is -2.39. The summed E-state index contributed by atoms with van der Waals surface area (Å²) >= 11 is 0. The number of furan rings is 1. The lowest BCUT2D eigenvalue weighted by molar-refractivity contribution is 0.102. The van der Waals surface area contributed by atoms with Gasteiger partial charge in [0.05, 0.1) is 11.8 Å². The third kappa shape index (κ3) is 3.15. The standard InChI is InChI=1S/C20H20FN3O2/c21-18-6-5-17(16-9-12-26-19(16)18)20(25)23-14-1-3-15(4-2-14)24-10-7-13(22)8-11-24/h1-6,9,12-13H,7-8,10-11,22H2,(H,23,25). The molecule has 1 aliphatic rings. The number of hydrogen-bond donors (Lipinski definition) is 2. The Morgan fingerprint density at radius 2 is 1.85 bits per heavy atom. The number of piperidine rings is 1. The van der Waals surface area contributed by atoms with E-state index in [0.717, 1.165) is 31.6 Å². The minimum absolute atomic E-state index is 0.0938. The maximum atomic E-state index is 13.7. The van der Waals surface area contributed by atoms with E-state index in [-0.39, 0.29) is 11.5 Å². The molecule has 0 saturated carbocycles. The van der Waals surface area contributed by atoms with Crippen LogP contribution in [-0.2, 0) is 0 Å². The van der Waals surface area contributed by atoms with E-state index in [1.165, 1.54) is 18.4 Å². The van der Waals surface area contributed by atoms with E-state index in [0.29, 0.717) is 22.7 Å². The van der Waals surface area contributed by atoms with E-state index in [2.05, 4.69) is 10.2 Å². The average Bonchev–Trinajstić information content (AvgIpc) is 3.14. The fourth-order valence-electron chi connectivity index (χ4n) is 3.34. The lowest BCUT2D eigenvalue weighted by Gasteiger charge is -2.32. The Bertz CT molecular complexity index is 928. The van der Waals surface area contributed by atoms with Crippen molar-refractivity contribution in [3.63, 3.8) is 0 Å². The zero-order chi connectivity index (χ0) is 18.1. The van der Waals surface area contributed by atoms with Gasteiger partial charge in [-0.25, -0.2) is 4.39 Å². The van der Waals surface area contributed by atoms with Gasteiger partial charge in [0.25, 0.3) is 5.91 Å². The van der Waals surface area contributed by atoms with Crippen molar-refractivity contribution in [3.05, 3.63) is 60.1 Å². The van der Waals surface area contributed by atoms with Crippen molar-refractivity contribution in [1.82, 2.24) is 0 Å². The molecular formula is C20H20FN3O2. The first-order chi connectivity index (χ1) is 12.6. The number of nitrogens with two attached hydrogens (primary N) is 1. The zero-order valence-electron chi connectivity index (χ0n) is 14.2. The predicted octanol–water partition coefficient (Wildman–Crippen LogP) is 3.75. The van der Waals surface area contributed by atoms with Crippen LogP contribution in [0.5, 0.6) is 0 Å². The second-order valence-corrected chi connectivity index (χ2v) is 6.58. The second-order valence-electron chi connectivity index (χ2n) is 6.58. The van der Waals surface area contributed by atoms with Crippen LogP contribution in [0.15, 0.2) is 53.1 Å². The van der Waals surface area contributed by atoms with E-state index < -0.39 is 5.82 Å². The summed E-state index contributed by atoms with van der Waals surface area (Å²) in [6.45, 7) is 1.89. The third-order valence-electron chi connectivity index (χ3n) is 4.84. The first kappa shape index (κ1) is 16.6. The molecular weight excluding hydrogens is 333 g/mol. The molecule has 2 aromatic carbocycles. The van der Waals surface area contributed by atoms with Gasteiger partial charge < -0.3 is 20.4 Å². The SMILES string of the molecule is NC1CCN(c2ccc(NC(=O)c3ccc(F)c4occc34)cc2)CC1. The van der Waals surface area contributed by atoms with Crippen molar-refractivity contribution in [2.75, 3.05) is 23.3 Å². The highest BCUT2D eigenvalue weighted by atomic mass is 19.1. The molecule has 3 N–H and O–H groups in total. The number of benzene rings is 2. The van der Waals surface area contributed by atoms with Crippen molar-refractivity contribution in [3.8, 4) is 0 Å². The summed E-state index contributed by atoms with van der Waals surface area (Å²) in [7, 11) is 0. The Labute approximate surface area is 150 Å². The van der Waals surface area contributed by atoms with Gasteiger partial charge in [0.1, 0.15) is 0 Å². The minimum atomic E-state index is -0.479. The molecule has 1 aliphatic heterocycles. The summed E-state index contributed by atoms with van der Waals surface area (Å²) in [5.41, 5.74) is 8.23. The highest BCUT2D eigenvalue weighted by Crippen LogP contribution is 2.25. The fourth-order valence-corrected chi connectivity index (χ4v) is 3.34. The number of carbonyl (C=O) groups is 1. The Balaban J connectivity index is 1.49. The summed E-state index contributed by atoms with van der Waals surface area (Å²) in [6, 6.07) is 12.3. The molecule has 4 rings (SSSR count). The van der Waals surface area contributed by atoms with Crippen LogP contribution in [0, 0.1) is 5.82 Å². The molecule has 1 fully saturated rings. The zero-order valence-corrected chi connectivity index (χ0v) is 14.2. The number of hydrogen-bond acceptors (Lipinski definition) is 4. The third-order valence-corrected chi connectivity index (χ3v) is 4.84. The summed E-state index contributed by atoms with van der Waals surface area (Å²) in [6.07, 6.45) is 3.36. The Morgan fingerprint density at radius 3 is 2.58 bits per heavy atom. The normalized spacial score (nSPS) is 15.4. The van der Waals surface area contributed by atoms with Crippen LogP contribution in [-0.4, -0.2) is 25.0 Å². The molecule has 0 bridgehead atoms. The van der Waals surface area contributed by atoms with Gasteiger partial charge in [-0.2, -0.15) is 0 Å². The lowest BCUT2D eigenvalue weighted by atomic mass is 10.1. The van der Waals surface area contributed by atoms with Crippen molar-refractivity contribution < 1.29 is 13.6 Å². The molecule has 0 radical (unpaired) electrons. The van der Waals surface area contributed by atoms with Crippen LogP contribution in [0.2, 0.25) is 0 Å². The molecule has 2 heterocycles. The van der Waals surface area contributed by atoms with Crippen LogP contribution >= 0.6 is 0 Å². The van der Waals surface area contributed by atoms with Gasteiger partial charge in [0.2, 0.25) is 0 Å². The first-order valence-corrected chi connectivity index (χ1v) is 8.69. The number of nitrogens with zero attached hydrogens (tertiary/aromatic N) is 1. The maximum Gasteiger partial charge on any atom is 0.256 e. The van der Waals surface area contributed by atoms with Crippen LogP contribution < -0.4 is 16.0 Å². The number of halogens is 1. The number of fused-ring (bicyclic) bond motifs is 1. The fraction of sp³-hybridized carbons (Fsp3) is 0.250. The topological polar surface area (TPSA) is 71.5 Å². The van der Waals surface area contributed by atoms with Gasteiger partial charge in [-0.3, -0.25) is 4.79 Å². The highest BCUT2D eigenvalue weighted by Gasteiger charge is 2.17. The summed E-state index contributed by atoms with van der Waals surface area (Å²) < 4.78 is 18.8. The minimum Gasteiger partial charge on any atom is -0.461 e. The number of nitrogens with one attached hydrogen (secondary N) is 1. The van der Waals surface area contributed by atoms with Crippen molar-refractivity contribution in [2.24, 2.45) is 5.73 Å². The molecule has 5 nitrogen and oxygen atoms in total. The van der Waals surface area contributed by atoms with E-state index in [1.54, 1.807) is 6.07 Å². The number of anilines is 2. The first-order valence-electron chi connectivity index (χ1n) is 8.69. The molecule has 26 heavy (non-hydrogen) atoms. The van der Waals surface area contributed by atoms with Crippen LogP contribution in [0.25, 0.3) is 11.0 Å². The van der Waals surface area contributed by atoms with Gasteiger partial charge in [-0.15, -0.1) is 0 Å². The Morgan fingerprint density at radius 1 is 1.12 bits per heavy atom. The molecule has 0 unspecified atom stereocenters. The van der Waals surface area contributed by atoms with Crippen molar-refractivity contribution in [2.45, 2.75) is 18.9 Å². The van der Waals surface area contributed by atoms with Gasteiger partial charge in [-0.05, 0) is 55.3 Å². The monoisotopic (exact) mass is 353 g/mol. The van der Waals surface area contributed by atoms with E-state index in [9.17, 15) is 9.18 Å². The van der Waals surface area contributed by atoms with Gasteiger partial charge >= 0.3 is 0 Å². The summed E-state index contributed by atoms with van der Waals surface area (Å²) in [4.78, 5) is 14.9. The molecule has 1 aromatic heterocycles. The van der Waals surface area contributed by atoms with E-state index in [4.69, 9.17) is 10.2 Å². The van der Waals surface area contributed by atoms with Gasteiger partial charge in [0.15, 0.2) is 11.4 Å². The molecule has 0 aliphatic carbocycles. The van der Waals surface area contributed by atoms with Crippen LogP contribution in [0.4, 0.5) is 15.8 Å². The highest BCUT2D eigenvalue weighted by molar-refractivity contribution is 6.12.